The van der Waals surface area contributed by atoms with E-state index in [0.29, 0.717) is 0 Å². The first kappa shape index (κ1) is 14.1. The number of hydrogen-bond acceptors (Lipinski definition) is 2. The molecule has 1 N–H and O–H groups in total. The Kier molecular flexibility index (Phi) is 5.00. The summed E-state index contributed by atoms with van der Waals surface area (Å²) in [6, 6.07) is 6.08. The maximum atomic E-state index is 6.04. The molecule has 1 heterocycles. The molecule has 0 bridgehead atoms. The Morgan fingerprint density at radius 3 is 2.89 bits per heavy atom. The number of rotatable bonds is 6. The second kappa shape index (κ2) is 6.73. The van der Waals surface area contributed by atoms with Crippen LogP contribution < -0.4 is 5.32 Å². The summed E-state index contributed by atoms with van der Waals surface area (Å²) in [7, 11) is 0. The van der Waals surface area contributed by atoms with Crippen LogP contribution in [0.2, 0.25) is 5.02 Å². The highest BCUT2D eigenvalue weighted by atomic mass is 35.5. The molecule has 2 rings (SSSR count). The van der Waals surface area contributed by atoms with Gasteiger partial charge in [-0.25, -0.2) is 0 Å². The molecule has 19 heavy (non-hydrogen) atoms. The predicted molar refractivity (Wildman–Crippen MR) is 80.6 cm³/mol. The Labute approximate surface area is 119 Å². The lowest BCUT2D eigenvalue weighted by Gasteiger charge is -2.03. The summed E-state index contributed by atoms with van der Waals surface area (Å²) >= 11 is 6.04. The number of benzene rings is 1. The molecular weight excluding hydrogens is 258 g/mol. The Morgan fingerprint density at radius 1 is 1.32 bits per heavy atom. The minimum Gasteiger partial charge on any atom is -0.317 e. The van der Waals surface area contributed by atoms with Crippen LogP contribution in [0.4, 0.5) is 0 Å². The zero-order valence-corrected chi connectivity index (χ0v) is 12.2. The van der Waals surface area contributed by atoms with E-state index in [-0.39, 0.29) is 0 Å². The molecule has 0 atom stereocenters. The average molecular weight is 278 g/mol. The molecule has 0 fully saturated rings. The van der Waals surface area contributed by atoms with Gasteiger partial charge in [-0.15, -0.1) is 0 Å². The number of aromatic nitrogens is 2. The Balaban J connectivity index is 2.01. The second-order valence-electron chi connectivity index (χ2n) is 4.66. The molecule has 0 aliphatic carbocycles. The van der Waals surface area contributed by atoms with Gasteiger partial charge in [0.1, 0.15) is 0 Å². The molecule has 102 valence electrons. The third kappa shape index (κ3) is 3.82. The van der Waals surface area contributed by atoms with E-state index in [9.17, 15) is 0 Å². The van der Waals surface area contributed by atoms with Gasteiger partial charge < -0.3 is 5.32 Å². The van der Waals surface area contributed by atoms with Crippen molar-refractivity contribution in [3.63, 3.8) is 0 Å². The minimum atomic E-state index is 0.807. The number of nitrogens with zero attached hydrogens (tertiary/aromatic N) is 2. The Morgan fingerprint density at radius 2 is 2.16 bits per heavy atom. The minimum absolute atomic E-state index is 0.807. The smallest absolute Gasteiger partial charge is 0.0568 e. The zero-order valence-electron chi connectivity index (χ0n) is 11.5. The van der Waals surface area contributed by atoms with Crippen LogP contribution in [0.15, 0.2) is 30.6 Å². The standard InChI is InChI=1S/C15H20ClN3/c1-3-17-7-4-8-19-11-14(10-18-19)13-5-6-15(16)12(2)9-13/h5-6,9-11,17H,3-4,7-8H2,1-2H3. The first-order chi connectivity index (χ1) is 9.20. The van der Waals surface area contributed by atoms with Gasteiger partial charge >= 0.3 is 0 Å². The summed E-state index contributed by atoms with van der Waals surface area (Å²) in [6.07, 6.45) is 5.10. The molecule has 0 aliphatic rings. The fourth-order valence-corrected chi connectivity index (χ4v) is 2.12. The topological polar surface area (TPSA) is 29.9 Å². The van der Waals surface area contributed by atoms with Crippen molar-refractivity contribution in [2.75, 3.05) is 13.1 Å². The van der Waals surface area contributed by atoms with E-state index in [4.69, 9.17) is 11.6 Å². The van der Waals surface area contributed by atoms with Crippen LogP contribution in [0.5, 0.6) is 0 Å². The summed E-state index contributed by atoms with van der Waals surface area (Å²) in [5, 5.41) is 8.52. The van der Waals surface area contributed by atoms with Crippen molar-refractivity contribution in [3.8, 4) is 11.1 Å². The predicted octanol–water partition coefficient (Wildman–Crippen LogP) is 3.51. The SMILES string of the molecule is CCNCCCn1cc(-c2ccc(Cl)c(C)c2)cn1. The number of hydrogen-bond donors (Lipinski definition) is 1. The van der Waals surface area contributed by atoms with E-state index in [1.54, 1.807) is 0 Å². The van der Waals surface area contributed by atoms with E-state index in [1.165, 1.54) is 5.56 Å². The van der Waals surface area contributed by atoms with Crippen molar-refractivity contribution in [2.24, 2.45) is 0 Å². The highest BCUT2D eigenvalue weighted by molar-refractivity contribution is 6.31. The van der Waals surface area contributed by atoms with Crippen molar-refractivity contribution >= 4 is 11.6 Å². The third-order valence-corrected chi connectivity index (χ3v) is 3.54. The van der Waals surface area contributed by atoms with Gasteiger partial charge in [-0.2, -0.15) is 5.10 Å². The molecule has 0 unspecified atom stereocenters. The summed E-state index contributed by atoms with van der Waals surface area (Å²) < 4.78 is 2.00. The van der Waals surface area contributed by atoms with Gasteiger partial charge in [0.2, 0.25) is 0 Å². The van der Waals surface area contributed by atoms with Crippen LogP contribution in [-0.2, 0) is 6.54 Å². The highest BCUT2D eigenvalue weighted by Crippen LogP contribution is 2.24. The number of nitrogens with one attached hydrogen (secondary N) is 1. The molecule has 1 aromatic carbocycles. The van der Waals surface area contributed by atoms with Gasteiger partial charge in [0.15, 0.2) is 0 Å². The summed E-state index contributed by atoms with van der Waals surface area (Å²) in [5.74, 6) is 0. The van der Waals surface area contributed by atoms with Crippen molar-refractivity contribution in [3.05, 3.63) is 41.2 Å². The van der Waals surface area contributed by atoms with Crippen LogP contribution in [0.3, 0.4) is 0 Å². The molecule has 1 aromatic heterocycles. The number of halogens is 1. The van der Waals surface area contributed by atoms with E-state index < -0.39 is 0 Å². The van der Waals surface area contributed by atoms with Crippen LogP contribution in [-0.4, -0.2) is 22.9 Å². The van der Waals surface area contributed by atoms with Gasteiger partial charge in [-0.05, 0) is 49.7 Å². The Bertz CT molecular complexity index is 534. The zero-order chi connectivity index (χ0) is 13.7. The van der Waals surface area contributed by atoms with Crippen LogP contribution in [0.1, 0.15) is 18.9 Å². The maximum Gasteiger partial charge on any atom is 0.0568 e. The molecule has 0 aliphatic heterocycles. The summed E-state index contributed by atoms with van der Waals surface area (Å²) in [4.78, 5) is 0. The van der Waals surface area contributed by atoms with Crippen molar-refractivity contribution in [1.29, 1.82) is 0 Å². The quantitative estimate of drug-likeness (QED) is 0.819. The Hall–Kier alpha value is -1.32. The first-order valence-electron chi connectivity index (χ1n) is 6.70. The molecule has 4 heteroatoms. The van der Waals surface area contributed by atoms with E-state index >= 15 is 0 Å². The largest absolute Gasteiger partial charge is 0.317 e. The molecule has 0 amide bonds. The monoisotopic (exact) mass is 277 g/mol. The molecule has 0 saturated heterocycles. The van der Waals surface area contributed by atoms with Crippen LogP contribution >= 0.6 is 11.6 Å². The average Bonchev–Trinajstić information content (AvgIpc) is 2.87. The molecular formula is C15H20ClN3. The summed E-state index contributed by atoms with van der Waals surface area (Å²) in [5.41, 5.74) is 3.40. The summed E-state index contributed by atoms with van der Waals surface area (Å²) in [6.45, 7) is 7.14. The van der Waals surface area contributed by atoms with Gasteiger partial charge in [0.05, 0.1) is 6.20 Å². The van der Waals surface area contributed by atoms with Crippen molar-refractivity contribution < 1.29 is 0 Å². The van der Waals surface area contributed by atoms with Gasteiger partial charge in [-0.1, -0.05) is 24.6 Å². The molecule has 3 nitrogen and oxygen atoms in total. The van der Waals surface area contributed by atoms with Crippen molar-refractivity contribution in [1.82, 2.24) is 15.1 Å². The van der Waals surface area contributed by atoms with Gasteiger partial charge in [-0.3, -0.25) is 4.68 Å². The van der Waals surface area contributed by atoms with E-state index in [1.807, 2.05) is 29.9 Å². The number of aryl methyl sites for hydroxylation is 2. The van der Waals surface area contributed by atoms with Crippen LogP contribution in [0.25, 0.3) is 11.1 Å². The molecule has 0 saturated carbocycles. The van der Waals surface area contributed by atoms with Crippen LogP contribution in [0, 0.1) is 6.92 Å². The van der Waals surface area contributed by atoms with Gasteiger partial charge in [0, 0.05) is 23.3 Å². The fourth-order valence-electron chi connectivity index (χ4n) is 2.00. The van der Waals surface area contributed by atoms with Gasteiger partial charge in [0.25, 0.3) is 0 Å². The molecule has 2 aromatic rings. The lowest BCUT2D eigenvalue weighted by atomic mass is 10.1. The van der Waals surface area contributed by atoms with E-state index in [2.05, 4.69) is 29.6 Å². The highest BCUT2D eigenvalue weighted by Gasteiger charge is 2.03. The molecule has 0 spiro atoms. The van der Waals surface area contributed by atoms with E-state index in [0.717, 1.165) is 42.2 Å². The lowest BCUT2D eigenvalue weighted by Crippen LogP contribution is -2.16. The maximum absolute atomic E-state index is 6.04. The first-order valence-corrected chi connectivity index (χ1v) is 7.08. The third-order valence-electron chi connectivity index (χ3n) is 3.12. The second-order valence-corrected chi connectivity index (χ2v) is 5.07. The normalized spacial score (nSPS) is 10.9. The molecule has 0 radical (unpaired) electrons. The fraction of sp³-hybridized carbons (Fsp3) is 0.400. The van der Waals surface area contributed by atoms with Crippen molar-refractivity contribution in [2.45, 2.75) is 26.8 Å². The lowest BCUT2D eigenvalue weighted by molar-refractivity contribution is 0.550.